The Kier molecular flexibility index (Phi) is 4.15. The number of rotatable bonds is 4. The fraction of sp³-hybridized carbons (Fsp3) is 0.200. The first-order valence-electron chi connectivity index (χ1n) is 4.50. The Hall–Kier alpha value is -2.04. The van der Waals surface area contributed by atoms with E-state index in [-0.39, 0.29) is 18.5 Å². The molecule has 0 bridgehead atoms. The van der Waals surface area contributed by atoms with Crippen LogP contribution in [0.15, 0.2) is 30.3 Å². The number of carbonyl (C=O) groups excluding carboxylic acids is 1. The highest BCUT2D eigenvalue weighted by Crippen LogP contribution is 2.00. The second-order valence-electron chi connectivity index (χ2n) is 2.84. The number of hydrogen-bond acceptors (Lipinski definition) is 3. The van der Waals surface area contributed by atoms with E-state index in [0.717, 1.165) is 0 Å². The van der Waals surface area contributed by atoms with Gasteiger partial charge in [0.1, 0.15) is 6.61 Å². The molecule has 0 fully saturated rings. The van der Waals surface area contributed by atoms with E-state index < -0.39 is 0 Å². The number of nitrogens with one attached hydrogen (secondary N) is 2. The maximum atomic E-state index is 11.4. The van der Waals surface area contributed by atoms with E-state index in [9.17, 15) is 4.79 Å². The summed E-state index contributed by atoms with van der Waals surface area (Å²) in [5.74, 6) is -0.508. The molecular weight excluding hydrogens is 194 g/mol. The molecule has 0 aliphatic rings. The second kappa shape index (κ2) is 5.64. The third-order valence-electron chi connectivity index (χ3n) is 1.66. The third kappa shape index (κ3) is 4.12. The first-order valence-corrected chi connectivity index (χ1v) is 4.50. The van der Waals surface area contributed by atoms with Gasteiger partial charge in [-0.3, -0.25) is 5.41 Å². The zero-order valence-corrected chi connectivity index (χ0v) is 8.19. The average molecular weight is 207 g/mol. The van der Waals surface area contributed by atoms with Crippen molar-refractivity contribution in [3.63, 3.8) is 0 Å². The fourth-order valence-corrected chi connectivity index (χ4v) is 0.987. The molecule has 0 saturated heterocycles. The van der Waals surface area contributed by atoms with E-state index in [1.165, 1.54) is 0 Å². The smallest absolute Gasteiger partial charge is 0.338 e. The Balaban J connectivity index is 2.28. The number of benzene rings is 1. The highest BCUT2D eigenvalue weighted by Gasteiger charge is 2.04. The van der Waals surface area contributed by atoms with Crippen molar-refractivity contribution in [1.82, 2.24) is 5.32 Å². The zero-order valence-electron chi connectivity index (χ0n) is 8.19. The van der Waals surface area contributed by atoms with Gasteiger partial charge >= 0.3 is 5.97 Å². The number of carbonyl (C=O) groups is 1. The normalized spacial score (nSPS) is 9.33. The van der Waals surface area contributed by atoms with Gasteiger partial charge in [-0.15, -0.1) is 0 Å². The summed E-state index contributed by atoms with van der Waals surface area (Å²) in [6.07, 6.45) is 0. The van der Waals surface area contributed by atoms with E-state index in [1.54, 1.807) is 24.3 Å². The minimum Gasteiger partial charge on any atom is -0.460 e. The lowest BCUT2D eigenvalue weighted by atomic mass is 10.2. The van der Waals surface area contributed by atoms with Crippen molar-refractivity contribution in [3.8, 4) is 0 Å². The first-order chi connectivity index (χ1) is 7.20. The molecule has 0 unspecified atom stereocenters. The SMILES string of the molecule is N=C(N)NCCOC(=O)c1ccccc1. The van der Waals surface area contributed by atoms with E-state index in [4.69, 9.17) is 15.9 Å². The summed E-state index contributed by atoms with van der Waals surface area (Å²) in [6.45, 7) is 0.529. The standard InChI is InChI=1S/C10H13N3O2/c11-10(12)13-6-7-15-9(14)8-4-2-1-3-5-8/h1-5H,6-7H2,(H4,11,12,13). The largest absolute Gasteiger partial charge is 0.460 e. The molecule has 0 heterocycles. The molecule has 1 aromatic rings. The summed E-state index contributed by atoms with van der Waals surface area (Å²) < 4.78 is 4.92. The van der Waals surface area contributed by atoms with Crippen LogP contribution in [-0.2, 0) is 4.74 Å². The van der Waals surface area contributed by atoms with Crippen molar-refractivity contribution in [2.45, 2.75) is 0 Å². The van der Waals surface area contributed by atoms with Crippen LogP contribution >= 0.6 is 0 Å². The van der Waals surface area contributed by atoms with E-state index in [0.29, 0.717) is 12.1 Å². The fourth-order valence-electron chi connectivity index (χ4n) is 0.987. The minimum absolute atomic E-state index is 0.134. The summed E-state index contributed by atoms with van der Waals surface area (Å²) in [6, 6.07) is 8.73. The Bertz CT molecular complexity index is 338. The molecule has 5 heteroatoms. The van der Waals surface area contributed by atoms with Crippen molar-refractivity contribution >= 4 is 11.9 Å². The lowest BCUT2D eigenvalue weighted by Gasteiger charge is -2.05. The van der Waals surface area contributed by atoms with Gasteiger partial charge in [0.25, 0.3) is 0 Å². The zero-order chi connectivity index (χ0) is 11.1. The van der Waals surface area contributed by atoms with Crippen molar-refractivity contribution in [2.75, 3.05) is 13.2 Å². The van der Waals surface area contributed by atoms with Crippen molar-refractivity contribution in [3.05, 3.63) is 35.9 Å². The summed E-state index contributed by atoms with van der Waals surface area (Å²) in [5, 5.41) is 9.41. The van der Waals surface area contributed by atoms with Gasteiger partial charge in [-0.05, 0) is 12.1 Å². The van der Waals surface area contributed by atoms with Crippen LogP contribution in [0.2, 0.25) is 0 Å². The minimum atomic E-state index is -0.374. The molecular formula is C10H13N3O2. The molecule has 0 amide bonds. The lowest BCUT2D eigenvalue weighted by Crippen LogP contribution is -2.33. The monoisotopic (exact) mass is 207 g/mol. The van der Waals surface area contributed by atoms with Crippen LogP contribution in [0.3, 0.4) is 0 Å². The first kappa shape index (κ1) is 11.0. The lowest BCUT2D eigenvalue weighted by molar-refractivity contribution is 0.0512. The van der Waals surface area contributed by atoms with Crippen molar-refractivity contribution < 1.29 is 9.53 Å². The van der Waals surface area contributed by atoms with Gasteiger partial charge in [0.15, 0.2) is 5.96 Å². The number of guanidine groups is 1. The van der Waals surface area contributed by atoms with Crippen LogP contribution in [0.25, 0.3) is 0 Å². The van der Waals surface area contributed by atoms with Crippen LogP contribution in [0.4, 0.5) is 0 Å². The molecule has 0 radical (unpaired) electrons. The molecule has 0 atom stereocenters. The van der Waals surface area contributed by atoms with Crippen LogP contribution in [0.1, 0.15) is 10.4 Å². The van der Waals surface area contributed by atoms with E-state index >= 15 is 0 Å². The summed E-state index contributed by atoms with van der Waals surface area (Å²) in [4.78, 5) is 11.4. The number of esters is 1. The van der Waals surface area contributed by atoms with Crippen LogP contribution in [0, 0.1) is 5.41 Å². The highest BCUT2D eigenvalue weighted by atomic mass is 16.5. The molecule has 0 aliphatic carbocycles. The highest BCUT2D eigenvalue weighted by molar-refractivity contribution is 5.89. The average Bonchev–Trinajstić information content (AvgIpc) is 2.25. The van der Waals surface area contributed by atoms with Gasteiger partial charge in [0, 0.05) is 0 Å². The van der Waals surface area contributed by atoms with Gasteiger partial charge in [-0.1, -0.05) is 18.2 Å². The number of nitrogens with two attached hydrogens (primary N) is 1. The molecule has 1 aromatic carbocycles. The Morgan fingerprint density at radius 1 is 1.40 bits per heavy atom. The van der Waals surface area contributed by atoms with E-state index in [1.807, 2.05) is 6.07 Å². The van der Waals surface area contributed by atoms with Crippen molar-refractivity contribution in [1.29, 1.82) is 5.41 Å². The number of hydrogen-bond donors (Lipinski definition) is 3. The van der Waals surface area contributed by atoms with Crippen molar-refractivity contribution in [2.24, 2.45) is 5.73 Å². The molecule has 15 heavy (non-hydrogen) atoms. The predicted octanol–water partition coefficient (Wildman–Crippen LogP) is 0.326. The van der Waals surface area contributed by atoms with Crippen LogP contribution in [-0.4, -0.2) is 25.1 Å². The van der Waals surface area contributed by atoms with Gasteiger partial charge in [-0.2, -0.15) is 0 Å². The van der Waals surface area contributed by atoms with Crippen LogP contribution in [0.5, 0.6) is 0 Å². The molecule has 5 nitrogen and oxygen atoms in total. The third-order valence-corrected chi connectivity index (χ3v) is 1.66. The Labute approximate surface area is 87.7 Å². The Morgan fingerprint density at radius 3 is 2.67 bits per heavy atom. The topological polar surface area (TPSA) is 88.2 Å². The van der Waals surface area contributed by atoms with E-state index in [2.05, 4.69) is 5.32 Å². The molecule has 0 saturated carbocycles. The van der Waals surface area contributed by atoms with Crippen LogP contribution < -0.4 is 11.1 Å². The molecule has 0 aromatic heterocycles. The Morgan fingerprint density at radius 2 is 2.07 bits per heavy atom. The second-order valence-corrected chi connectivity index (χ2v) is 2.84. The van der Waals surface area contributed by atoms with Gasteiger partial charge in [0.2, 0.25) is 0 Å². The molecule has 1 rings (SSSR count). The van der Waals surface area contributed by atoms with Gasteiger partial charge in [0.05, 0.1) is 12.1 Å². The molecule has 80 valence electrons. The van der Waals surface area contributed by atoms with Gasteiger partial charge in [-0.25, -0.2) is 4.79 Å². The summed E-state index contributed by atoms with van der Waals surface area (Å²) in [5.41, 5.74) is 5.57. The number of ether oxygens (including phenoxy) is 1. The maximum Gasteiger partial charge on any atom is 0.338 e. The molecule has 0 aliphatic heterocycles. The molecule has 4 N–H and O–H groups in total. The van der Waals surface area contributed by atoms with Gasteiger partial charge < -0.3 is 15.8 Å². The quantitative estimate of drug-likeness (QED) is 0.287. The molecule has 0 spiro atoms. The maximum absolute atomic E-state index is 11.4. The predicted molar refractivity (Wildman–Crippen MR) is 56.6 cm³/mol. The summed E-state index contributed by atoms with van der Waals surface area (Å²) in [7, 11) is 0. The summed E-state index contributed by atoms with van der Waals surface area (Å²) >= 11 is 0.